The summed E-state index contributed by atoms with van der Waals surface area (Å²) in [6.45, 7) is 7.05. The third-order valence-corrected chi connectivity index (χ3v) is 5.95. The van der Waals surface area contributed by atoms with E-state index in [0.29, 0.717) is 12.3 Å². The molecule has 0 fully saturated rings. The Morgan fingerprint density at radius 1 is 1.03 bits per heavy atom. The summed E-state index contributed by atoms with van der Waals surface area (Å²) in [6.07, 6.45) is 3.16. The van der Waals surface area contributed by atoms with Crippen LogP contribution in [0.5, 0.6) is 0 Å². The Hall–Kier alpha value is -2.60. The lowest BCUT2D eigenvalue weighted by Gasteiger charge is -2.11. The molecule has 0 radical (unpaired) electrons. The van der Waals surface area contributed by atoms with Crippen molar-refractivity contribution in [2.24, 2.45) is 5.92 Å². The molecule has 1 amide bonds. The van der Waals surface area contributed by atoms with E-state index in [9.17, 15) is 4.79 Å². The highest BCUT2D eigenvalue weighted by Gasteiger charge is 2.15. The molecular formula is C25H32N4OS. The molecule has 0 atom stereocenters. The minimum absolute atomic E-state index is 0.145. The number of carbonyl (C=O) groups is 1. The first-order valence-corrected chi connectivity index (χ1v) is 12.0. The molecule has 0 saturated heterocycles. The number of nitrogens with zero attached hydrogens (tertiary/aromatic N) is 3. The zero-order chi connectivity index (χ0) is 22.1. The molecule has 164 valence electrons. The van der Waals surface area contributed by atoms with Crippen molar-refractivity contribution in [2.45, 2.75) is 51.6 Å². The van der Waals surface area contributed by atoms with Gasteiger partial charge in [0.1, 0.15) is 5.82 Å². The maximum Gasteiger partial charge on any atom is 0.220 e. The van der Waals surface area contributed by atoms with Gasteiger partial charge in [0.15, 0.2) is 5.16 Å². The fourth-order valence-electron chi connectivity index (χ4n) is 3.20. The SMILES string of the molecule is Cc1ccc(-n2c(Cc3ccccc3)nnc2SCCCCC(=O)NCC(C)C)cc1. The van der Waals surface area contributed by atoms with Gasteiger partial charge in [-0.2, -0.15) is 0 Å². The van der Waals surface area contributed by atoms with Crippen molar-refractivity contribution in [2.75, 3.05) is 12.3 Å². The summed E-state index contributed by atoms with van der Waals surface area (Å²) in [7, 11) is 0. The number of benzene rings is 2. The van der Waals surface area contributed by atoms with Crippen LogP contribution in [0, 0.1) is 12.8 Å². The lowest BCUT2D eigenvalue weighted by atomic mass is 10.1. The molecule has 2 aromatic carbocycles. The van der Waals surface area contributed by atoms with Gasteiger partial charge in [-0.25, -0.2) is 0 Å². The van der Waals surface area contributed by atoms with Gasteiger partial charge in [-0.1, -0.05) is 73.6 Å². The second-order valence-electron chi connectivity index (χ2n) is 8.24. The molecular weight excluding hydrogens is 404 g/mol. The lowest BCUT2D eigenvalue weighted by molar-refractivity contribution is -0.121. The first-order chi connectivity index (χ1) is 15.0. The van der Waals surface area contributed by atoms with Crippen LogP contribution in [-0.4, -0.2) is 33.0 Å². The summed E-state index contributed by atoms with van der Waals surface area (Å²) in [4.78, 5) is 11.9. The summed E-state index contributed by atoms with van der Waals surface area (Å²) >= 11 is 1.71. The predicted molar refractivity (Wildman–Crippen MR) is 128 cm³/mol. The highest BCUT2D eigenvalue weighted by atomic mass is 32.2. The van der Waals surface area contributed by atoms with Crippen molar-refractivity contribution in [1.82, 2.24) is 20.1 Å². The van der Waals surface area contributed by atoms with Crippen molar-refractivity contribution in [3.05, 3.63) is 71.5 Å². The van der Waals surface area contributed by atoms with Crippen LogP contribution in [0.3, 0.4) is 0 Å². The lowest BCUT2D eigenvalue weighted by Crippen LogP contribution is -2.26. The molecule has 3 aromatic rings. The molecule has 1 heterocycles. The van der Waals surface area contributed by atoms with Crippen LogP contribution in [0.15, 0.2) is 59.8 Å². The van der Waals surface area contributed by atoms with Crippen molar-refractivity contribution in [3.8, 4) is 5.69 Å². The highest BCUT2D eigenvalue weighted by Crippen LogP contribution is 2.25. The summed E-state index contributed by atoms with van der Waals surface area (Å²) in [5.74, 6) is 2.47. The fraction of sp³-hybridized carbons (Fsp3) is 0.400. The van der Waals surface area contributed by atoms with Crippen LogP contribution in [0.1, 0.15) is 50.1 Å². The molecule has 0 bridgehead atoms. The number of hydrogen-bond acceptors (Lipinski definition) is 4. The molecule has 0 unspecified atom stereocenters. The van der Waals surface area contributed by atoms with Crippen LogP contribution in [-0.2, 0) is 11.2 Å². The molecule has 0 aliphatic rings. The molecule has 31 heavy (non-hydrogen) atoms. The van der Waals surface area contributed by atoms with E-state index in [1.807, 2.05) is 6.07 Å². The monoisotopic (exact) mass is 436 g/mol. The Kier molecular flexibility index (Phi) is 8.71. The van der Waals surface area contributed by atoms with Crippen molar-refractivity contribution >= 4 is 17.7 Å². The third kappa shape index (κ3) is 7.24. The second kappa shape index (κ2) is 11.7. The number of amides is 1. The largest absolute Gasteiger partial charge is 0.356 e. The zero-order valence-electron chi connectivity index (χ0n) is 18.7. The standard InChI is InChI=1S/C25H32N4OS/c1-19(2)18-26-24(30)11-7-8-16-31-25-28-27-23(17-21-9-5-4-6-10-21)29(25)22-14-12-20(3)13-15-22/h4-6,9-10,12-15,19H,7-8,11,16-18H2,1-3H3,(H,26,30). The van der Waals surface area contributed by atoms with Gasteiger partial charge in [-0.15, -0.1) is 10.2 Å². The van der Waals surface area contributed by atoms with Crippen LogP contribution in [0.25, 0.3) is 5.69 Å². The zero-order valence-corrected chi connectivity index (χ0v) is 19.5. The van der Waals surface area contributed by atoms with Crippen molar-refractivity contribution in [3.63, 3.8) is 0 Å². The number of rotatable bonds is 11. The molecule has 0 aliphatic heterocycles. The Morgan fingerprint density at radius 2 is 1.77 bits per heavy atom. The maximum absolute atomic E-state index is 11.9. The minimum Gasteiger partial charge on any atom is -0.356 e. The van der Waals surface area contributed by atoms with E-state index in [1.54, 1.807) is 11.8 Å². The summed E-state index contributed by atoms with van der Waals surface area (Å²) in [5, 5.41) is 12.9. The first kappa shape index (κ1) is 23.1. The maximum atomic E-state index is 11.9. The van der Waals surface area contributed by atoms with E-state index >= 15 is 0 Å². The molecule has 1 aromatic heterocycles. The Balaban J connectivity index is 1.63. The van der Waals surface area contributed by atoms with Gasteiger partial charge in [0.25, 0.3) is 0 Å². The number of hydrogen-bond donors (Lipinski definition) is 1. The van der Waals surface area contributed by atoms with E-state index in [2.05, 4.69) is 89.4 Å². The quantitative estimate of drug-likeness (QED) is 0.331. The fourth-order valence-corrected chi connectivity index (χ4v) is 4.17. The summed E-state index contributed by atoms with van der Waals surface area (Å²) in [5.41, 5.74) is 3.52. The number of carbonyl (C=O) groups excluding carboxylic acids is 1. The minimum atomic E-state index is 0.145. The van der Waals surface area contributed by atoms with Gasteiger partial charge in [-0.3, -0.25) is 9.36 Å². The van der Waals surface area contributed by atoms with Gasteiger partial charge in [0.2, 0.25) is 5.91 Å². The van der Waals surface area contributed by atoms with E-state index in [-0.39, 0.29) is 5.91 Å². The smallest absolute Gasteiger partial charge is 0.220 e. The highest BCUT2D eigenvalue weighted by molar-refractivity contribution is 7.99. The number of thioether (sulfide) groups is 1. The third-order valence-electron chi connectivity index (χ3n) is 4.93. The average Bonchev–Trinajstić information content (AvgIpc) is 3.15. The molecule has 6 heteroatoms. The predicted octanol–water partition coefficient (Wildman–Crippen LogP) is 5.20. The molecule has 0 spiro atoms. The summed E-state index contributed by atoms with van der Waals surface area (Å²) in [6, 6.07) is 18.8. The number of nitrogens with one attached hydrogen (secondary N) is 1. The van der Waals surface area contributed by atoms with Crippen LogP contribution < -0.4 is 5.32 Å². The normalized spacial score (nSPS) is 11.1. The second-order valence-corrected chi connectivity index (χ2v) is 9.30. The first-order valence-electron chi connectivity index (χ1n) is 11.0. The molecule has 0 saturated carbocycles. The number of aromatic nitrogens is 3. The van der Waals surface area contributed by atoms with Crippen LogP contribution >= 0.6 is 11.8 Å². The molecule has 1 N–H and O–H groups in total. The Labute approximate surface area is 189 Å². The Bertz CT molecular complexity index is 951. The van der Waals surface area contributed by atoms with Crippen LogP contribution in [0.2, 0.25) is 0 Å². The van der Waals surface area contributed by atoms with Crippen molar-refractivity contribution in [1.29, 1.82) is 0 Å². The molecule has 0 aliphatic carbocycles. The van der Waals surface area contributed by atoms with Gasteiger partial charge in [0, 0.05) is 30.8 Å². The average molecular weight is 437 g/mol. The van der Waals surface area contributed by atoms with E-state index < -0.39 is 0 Å². The van der Waals surface area contributed by atoms with Gasteiger partial charge < -0.3 is 5.32 Å². The van der Waals surface area contributed by atoms with Gasteiger partial charge >= 0.3 is 0 Å². The number of aryl methyl sites for hydroxylation is 1. The van der Waals surface area contributed by atoms with Crippen molar-refractivity contribution < 1.29 is 4.79 Å². The van der Waals surface area contributed by atoms with E-state index in [1.165, 1.54) is 11.1 Å². The van der Waals surface area contributed by atoms with Gasteiger partial charge in [-0.05, 0) is 43.4 Å². The Morgan fingerprint density at radius 3 is 2.48 bits per heavy atom. The van der Waals surface area contributed by atoms with Crippen LogP contribution in [0.4, 0.5) is 0 Å². The number of unbranched alkanes of at least 4 members (excludes halogenated alkanes) is 1. The van der Waals surface area contributed by atoms with Gasteiger partial charge in [0.05, 0.1) is 0 Å². The van der Waals surface area contributed by atoms with E-state index in [0.717, 1.165) is 48.2 Å². The van der Waals surface area contributed by atoms with E-state index in [4.69, 9.17) is 0 Å². The summed E-state index contributed by atoms with van der Waals surface area (Å²) < 4.78 is 2.16. The topological polar surface area (TPSA) is 59.8 Å². The molecule has 5 nitrogen and oxygen atoms in total. The molecule has 3 rings (SSSR count).